The van der Waals surface area contributed by atoms with Crippen molar-refractivity contribution in [2.45, 2.75) is 40.8 Å². The lowest BCUT2D eigenvalue weighted by atomic mass is 10.1. The Morgan fingerprint density at radius 3 is 2.10 bits per heavy atom. The first-order chi connectivity index (χ1) is 14.4. The van der Waals surface area contributed by atoms with Crippen LogP contribution in [-0.2, 0) is 13.1 Å². The van der Waals surface area contributed by atoms with Gasteiger partial charge in [-0.05, 0) is 57.0 Å². The van der Waals surface area contributed by atoms with Crippen molar-refractivity contribution in [1.29, 1.82) is 0 Å². The Morgan fingerprint density at radius 1 is 0.933 bits per heavy atom. The molecule has 0 spiro atoms. The predicted octanol–water partition coefficient (Wildman–Crippen LogP) is 3.45. The summed E-state index contributed by atoms with van der Waals surface area (Å²) in [5.41, 5.74) is 5.58. The molecule has 6 heteroatoms. The number of rotatable bonds is 8. The normalized spacial score (nSPS) is 15.4. The highest BCUT2D eigenvalue weighted by molar-refractivity contribution is 5.99. The zero-order chi connectivity index (χ0) is 21.8. The fourth-order valence-corrected chi connectivity index (χ4v) is 4.40. The molecule has 3 rings (SSSR count). The molecule has 0 bridgehead atoms. The van der Waals surface area contributed by atoms with E-state index in [1.165, 1.54) is 11.1 Å². The summed E-state index contributed by atoms with van der Waals surface area (Å²) in [6.07, 6.45) is 0. The Morgan fingerprint density at radius 2 is 1.53 bits per heavy atom. The van der Waals surface area contributed by atoms with Gasteiger partial charge in [0.25, 0.3) is 0 Å². The lowest BCUT2D eigenvalue weighted by Crippen LogP contribution is -2.47. The quantitative estimate of drug-likeness (QED) is 0.621. The summed E-state index contributed by atoms with van der Waals surface area (Å²) in [6.45, 7) is 14.4. The maximum atomic E-state index is 12.9. The summed E-state index contributed by atoms with van der Waals surface area (Å²) in [6, 6.07) is 6.15. The summed E-state index contributed by atoms with van der Waals surface area (Å²) in [5, 5.41) is 0. The molecule has 2 heterocycles. The van der Waals surface area contributed by atoms with Crippen LogP contribution >= 0.6 is 0 Å². The molecule has 0 atom stereocenters. The number of hydrogen-bond acceptors (Lipinski definition) is 5. The predicted molar refractivity (Wildman–Crippen MR) is 120 cm³/mol. The molecule has 1 aliphatic heterocycles. The largest absolute Gasteiger partial charge is 0.493 e. The van der Waals surface area contributed by atoms with E-state index >= 15 is 0 Å². The molecule has 1 saturated heterocycles. The molecule has 1 aliphatic rings. The molecule has 6 nitrogen and oxygen atoms in total. The number of carbonyl (C=O) groups is 1. The first-order valence-corrected chi connectivity index (χ1v) is 10.7. The van der Waals surface area contributed by atoms with Crippen molar-refractivity contribution in [1.82, 2.24) is 14.4 Å². The fourth-order valence-electron chi connectivity index (χ4n) is 4.40. The van der Waals surface area contributed by atoms with Crippen LogP contribution in [-0.4, -0.2) is 67.1 Å². The van der Waals surface area contributed by atoms with E-state index in [-0.39, 0.29) is 5.78 Å². The fraction of sp³-hybridized carbons (Fsp3) is 0.542. The number of nitrogens with zero attached hydrogens (tertiary/aromatic N) is 3. The molecular weight excluding hydrogens is 378 g/mol. The maximum Gasteiger partial charge on any atom is 0.178 e. The number of Topliss-reactive ketones (excluding diaryl/α,β-unsaturated/α-hetero) is 1. The van der Waals surface area contributed by atoms with Crippen LogP contribution < -0.4 is 9.47 Å². The molecular formula is C24H35N3O3. The van der Waals surface area contributed by atoms with Gasteiger partial charge in [0.1, 0.15) is 0 Å². The SMILES string of the molecule is CCn1c(C)cc(C(=O)CN2CCN(Cc3cc(OC)c(OC)cc3C)CC2)c1C. The van der Waals surface area contributed by atoms with Gasteiger partial charge in [0.2, 0.25) is 0 Å². The first-order valence-electron chi connectivity index (χ1n) is 10.7. The standard InChI is InChI=1S/C24H35N3O3/c1-7-27-18(3)13-21(19(27)4)22(28)16-26-10-8-25(9-11-26)15-20-14-24(30-6)23(29-5)12-17(20)2/h12-14H,7-11,15-16H2,1-6H3. The minimum atomic E-state index is 0.229. The van der Waals surface area contributed by atoms with Crippen LogP contribution in [0.15, 0.2) is 18.2 Å². The van der Waals surface area contributed by atoms with E-state index in [0.717, 1.165) is 67.7 Å². The lowest BCUT2D eigenvalue weighted by molar-refractivity contribution is 0.0843. The minimum absolute atomic E-state index is 0.229. The summed E-state index contributed by atoms with van der Waals surface area (Å²) < 4.78 is 13.1. The second kappa shape index (κ2) is 9.67. The van der Waals surface area contributed by atoms with Gasteiger partial charge in [0.05, 0.1) is 20.8 Å². The lowest BCUT2D eigenvalue weighted by Gasteiger charge is -2.34. The number of piperazine rings is 1. The average Bonchev–Trinajstić information content (AvgIpc) is 3.03. The van der Waals surface area contributed by atoms with Crippen molar-refractivity contribution in [3.05, 3.63) is 46.3 Å². The topological polar surface area (TPSA) is 46.9 Å². The van der Waals surface area contributed by atoms with Crippen LogP contribution in [0.2, 0.25) is 0 Å². The number of ketones is 1. The Bertz CT molecular complexity index is 896. The van der Waals surface area contributed by atoms with Gasteiger partial charge in [0, 0.05) is 56.2 Å². The Kier molecular flexibility index (Phi) is 7.21. The Labute approximate surface area is 180 Å². The second-order valence-corrected chi connectivity index (χ2v) is 8.14. The zero-order valence-corrected chi connectivity index (χ0v) is 19.2. The van der Waals surface area contributed by atoms with Crippen molar-refractivity contribution in [2.75, 3.05) is 46.9 Å². The summed E-state index contributed by atoms with van der Waals surface area (Å²) >= 11 is 0. The molecule has 0 aliphatic carbocycles. The van der Waals surface area contributed by atoms with E-state index in [0.29, 0.717) is 6.54 Å². The van der Waals surface area contributed by atoms with Crippen molar-refractivity contribution >= 4 is 5.78 Å². The van der Waals surface area contributed by atoms with Crippen LogP contribution in [0.4, 0.5) is 0 Å². The highest BCUT2D eigenvalue weighted by Crippen LogP contribution is 2.31. The smallest absolute Gasteiger partial charge is 0.178 e. The van der Waals surface area contributed by atoms with E-state index in [9.17, 15) is 4.79 Å². The molecule has 0 amide bonds. The number of hydrogen-bond donors (Lipinski definition) is 0. The number of methoxy groups -OCH3 is 2. The van der Waals surface area contributed by atoms with Crippen molar-refractivity contribution in [3.63, 3.8) is 0 Å². The van der Waals surface area contributed by atoms with Gasteiger partial charge in [-0.3, -0.25) is 14.6 Å². The van der Waals surface area contributed by atoms with Crippen molar-refractivity contribution < 1.29 is 14.3 Å². The number of carbonyl (C=O) groups excluding carboxylic acids is 1. The summed E-state index contributed by atoms with van der Waals surface area (Å²) in [7, 11) is 3.34. The van der Waals surface area contributed by atoms with Gasteiger partial charge in [-0.1, -0.05) is 0 Å². The van der Waals surface area contributed by atoms with Gasteiger partial charge in [-0.25, -0.2) is 0 Å². The van der Waals surface area contributed by atoms with Crippen molar-refractivity contribution in [3.8, 4) is 11.5 Å². The van der Waals surface area contributed by atoms with Crippen LogP contribution in [0.25, 0.3) is 0 Å². The first kappa shape index (κ1) is 22.4. The maximum absolute atomic E-state index is 12.9. The van der Waals surface area contributed by atoms with Crippen LogP contribution in [0.1, 0.15) is 39.8 Å². The van der Waals surface area contributed by atoms with Gasteiger partial charge in [-0.2, -0.15) is 0 Å². The van der Waals surface area contributed by atoms with Crippen LogP contribution in [0.5, 0.6) is 11.5 Å². The number of aromatic nitrogens is 1. The minimum Gasteiger partial charge on any atom is -0.493 e. The highest BCUT2D eigenvalue weighted by Gasteiger charge is 2.22. The zero-order valence-electron chi connectivity index (χ0n) is 19.2. The van der Waals surface area contributed by atoms with Gasteiger partial charge >= 0.3 is 0 Å². The Hall–Kier alpha value is -2.31. The van der Waals surface area contributed by atoms with E-state index in [1.807, 2.05) is 19.1 Å². The van der Waals surface area contributed by atoms with Crippen LogP contribution in [0, 0.1) is 20.8 Å². The van der Waals surface area contributed by atoms with Crippen molar-refractivity contribution in [2.24, 2.45) is 0 Å². The molecule has 0 unspecified atom stereocenters. The molecule has 164 valence electrons. The third-order valence-electron chi connectivity index (χ3n) is 6.26. The molecule has 1 aromatic heterocycles. The highest BCUT2D eigenvalue weighted by atomic mass is 16.5. The van der Waals surface area contributed by atoms with E-state index in [4.69, 9.17) is 9.47 Å². The average molecular weight is 414 g/mol. The van der Waals surface area contributed by atoms with E-state index in [2.05, 4.69) is 41.2 Å². The molecule has 0 radical (unpaired) electrons. The number of ether oxygens (including phenoxy) is 2. The molecule has 0 N–H and O–H groups in total. The van der Waals surface area contributed by atoms with Gasteiger partial charge in [0.15, 0.2) is 17.3 Å². The third kappa shape index (κ3) is 4.71. The molecule has 2 aromatic rings. The van der Waals surface area contributed by atoms with E-state index < -0.39 is 0 Å². The monoisotopic (exact) mass is 413 g/mol. The molecule has 1 fully saturated rings. The Balaban J connectivity index is 1.57. The molecule has 1 aromatic carbocycles. The summed E-state index contributed by atoms with van der Waals surface area (Å²) in [5.74, 6) is 1.77. The van der Waals surface area contributed by atoms with E-state index in [1.54, 1.807) is 14.2 Å². The molecule has 0 saturated carbocycles. The number of aryl methyl sites for hydroxylation is 2. The molecule has 30 heavy (non-hydrogen) atoms. The number of benzene rings is 1. The second-order valence-electron chi connectivity index (χ2n) is 8.14. The van der Waals surface area contributed by atoms with Crippen LogP contribution in [0.3, 0.4) is 0 Å². The summed E-state index contributed by atoms with van der Waals surface area (Å²) in [4.78, 5) is 17.6. The third-order valence-corrected chi connectivity index (χ3v) is 6.26. The van der Waals surface area contributed by atoms with Gasteiger partial charge in [-0.15, -0.1) is 0 Å². The van der Waals surface area contributed by atoms with Gasteiger partial charge < -0.3 is 14.0 Å².